The molecule has 59 heavy (non-hydrogen) atoms. The van der Waals surface area contributed by atoms with Gasteiger partial charge >= 0.3 is 0 Å². The zero-order chi connectivity index (χ0) is 43.7. The van der Waals surface area contributed by atoms with Gasteiger partial charge in [0.2, 0.25) is 0 Å². The molecule has 5 aliphatic rings. The third kappa shape index (κ3) is 74.1. The molecule has 0 unspecified atom stereocenters. The van der Waals surface area contributed by atoms with E-state index in [-0.39, 0.29) is 29.7 Å². The number of nitrogens with zero attached hydrogens (tertiary/aromatic N) is 8. The second kappa shape index (κ2) is 70.7. The smallest absolute Gasteiger partial charge is 0.168 e. The van der Waals surface area contributed by atoms with Crippen LogP contribution < -0.4 is 4.57 Å². The molecule has 7 heterocycles. The molecule has 0 amide bonds. The molecule has 2 aromatic rings. The highest BCUT2D eigenvalue weighted by Crippen LogP contribution is 2.05. The Kier molecular flexibility index (Phi) is 97.2. The SMILES string of the molecule is C.C.C.C.CC.CC.CC.CC.CC.CC.CN1CC1.CN1CCC1.CN1CCCC1.CN1CCCCC1.CN1CCN(C)CC1.C[n+]1ccccc1.Cn1cccc1. The van der Waals surface area contributed by atoms with Crippen LogP contribution in [0.1, 0.15) is 151 Å². The molecule has 0 aliphatic carbocycles. The van der Waals surface area contributed by atoms with Crippen LogP contribution in [0.4, 0.5) is 0 Å². The van der Waals surface area contributed by atoms with E-state index in [4.69, 9.17) is 0 Å². The van der Waals surface area contributed by atoms with Crippen LogP contribution in [0.3, 0.4) is 0 Å². The Balaban J connectivity index is -0.0000000565. The number of aryl methyl sites for hydroxylation is 2. The summed E-state index contributed by atoms with van der Waals surface area (Å²) < 4.78 is 4.00. The summed E-state index contributed by atoms with van der Waals surface area (Å²) in [5.74, 6) is 0. The minimum Gasteiger partial charge on any atom is -0.357 e. The highest BCUT2D eigenvalue weighted by atomic mass is 15.2. The molecule has 2 aromatic heterocycles. The lowest BCUT2D eigenvalue weighted by Gasteiger charge is -2.28. The monoisotopic (exact) mass is 846 g/mol. The van der Waals surface area contributed by atoms with Gasteiger partial charge in [0.05, 0.1) is 0 Å². The van der Waals surface area contributed by atoms with Crippen LogP contribution in [0.2, 0.25) is 0 Å². The standard InChI is InChI=1S/C6H14N2.C6H13N.C6H8N.C5H11N.C5H7N.C4H9N.C3H7N.6C2H6.4CH4/c1-7-3-5-8(2)6-4-7;2*1-7-5-3-2-4-6-7;2*1-6-4-2-3-5-6;1-5-3-2-4-5;1-4-2-3-4;6*1-2;;;;/h3-6H2,1-2H3;2-6H2,1H3;2-6H,1H3;2-5H2,1H3;2-5H,1H3;2-4H2,1H3;2-3H2,1H3;6*1-2H3;4*1H4/q;;+1;;;;;;;;;;;;;;. The lowest BCUT2D eigenvalue weighted by atomic mass is 10.1. The molecule has 8 heteroatoms. The number of likely N-dealkylation sites (N-methyl/N-ethyl adjacent to an activating group) is 3. The first-order valence-electron chi connectivity index (χ1n) is 22.7. The van der Waals surface area contributed by atoms with Crippen LogP contribution in [0, 0.1) is 0 Å². The fraction of sp³-hybridized carbons (Fsp3) is 0.824. The quantitative estimate of drug-likeness (QED) is 0.194. The van der Waals surface area contributed by atoms with E-state index in [0.717, 1.165) is 0 Å². The van der Waals surface area contributed by atoms with E-state index in [1.54, 1.807) is 0 Å². The number of rotatable bonds is 0. The van der Waals surface area contributed by atoms with E-state index in [1.807, 2.05) is 161 Å². The molecule has 0 bridgehead atoms. The zero-order valence-electron chi connectivity index (χ0n) is 41.5. The lowest BCUT2D eigenvalue weighted by Crippen LogP contribution is -2.42. The van der Waals surface area contributed by atoms with Crippen molar-refractivity contribution in [2.45, 2.75) is 151 Å². The fourth-order valence-electron chi connectivity index (χ4n) is 4.31. The van der Waals surface area contributed by atoms with Gasteiger partial charge in [-0.1, -0.05) is 125 Å². The zero-order valence-corrected chi connectivity index (χ0v) is 41.5. The largest absolute Gasteiger partial charge is 0.357 e. The molecule has 0 atom stereocenters. The van der Waals surface area contributed by atoms with Gasteiger partial charge in [0.25, 0.3) is 0 Å². The minimum absolute atomic E-state index is 0. The molecule has 0 spiro atoms. The Hall–Kier alpha value is -1.81. The van der Waals surface area contributed by atoms with Gasteiger partial charge < -0.3 is 34.0 Å². The molecule has 5 aliphatic heterocycles. The molecule has 5 fully saturated rings. The summed E-state index contributed by atoms with van der Waals surface area (Å²) in [6, 6.07) is 10.0. The van der Waals surface area contributed by atoms with Crippen molar-refractivity contribution in [3.8, 4) is 0 Å². The van der Waals surface area contributed by atoms with E-state index in [9.17, 15) is 0 Å². The van der Waals surface area contributed by atoms with Crippen LogP contribution in [-0.2, 0) is 14.1 Å². The first kappa shape index (κ1) is 81.1. The molecule has 364 valence electrons. The van der Waals surface area contributed by atoms with Crippen molar-refractivity contribution in [3.05, 3.63) is 55.1 Å². The van der Waals surface area contributed by atoms with E-state index < -0.39 is 0 Å². The van der Waals surface area contributed by atoms with Crippen molar-refractivity contribution in [3.63, 3.8) is 0 Å². The predicted molar refractivity (Wildman–Crippen MR) is 281 cm³/mol. The number of hydrogen-bond acceptors (Lipinski definition) is 6. The van der Waals surface area contributed by atoms with Crippen molar-refractivity contribution in [2.24, 2.45) is 14.1 Å². The molecule has 7 rings (SSSR count). The summed E-state index contributed by atoms with van der Waals surface area (Å²) >= 11 is 0. The first-order valence-corrected chi connectivity index (χ1v) is 22.7. The second-order valence-corrected chi connectivity index (χ2v) is 12.8. The number of piperidine rings is 1. The normalized spacial score (nSPS) is 15.7. The van der Waals surface area contributed by atoms with Crippen molar-refractivity contribution in [1.82, 2.24) is 34.0 Å². The fourth-order valence-corrected chi connectivity index (χ4v) is 4.31. The number of hydrogen-bond donors (Lipinski definition) is 0. The maximum Gasteiger partial charge on any atom is 0.168 e. The first-order chi connectivity index (χ1) is 26.7. The number of piperazine rings is 1. The molecular weight excluding hydrogens is 725 g/mol. The Labute approximate surface area is 378 Å². The lowest BCUT2D eigenvalue weighted by molar-refractivity contribution is -0.671. The summed E-state index contributed by atoms with van der Waals surface area (Å²) in [7, 11) is 17.0. The molecular formula is C51H121N8+. The third-order valence-corrected chi connectivity index (χ3v) is 8.00. The average Bonchev–Trinajstić information content (AvgIpc) is 3.60. The summed E-state index contributed by atoms with van der Waals surface area (Å²) in [5, 5.41) is 0. The highest BCUT2D eigenvalue weighted by Gasteiger charge is 2.08. The van der Waals surface area contributed by atoms with Gasteiger partial charge in [-0.05, 0) is 126 Å². The van der Waals surface area contributed by atoms with Crippen LogP contribution >= 0.6 is 0 Å². The highest BCUT2D eigenvalue weighted by molar-refractivity contribution is 4.88. The molecule has 0 aromatic carbocycles. The van der Waals surface area contributed by atoms with Gasteiger partial charge in [-0.25, -0.2) is 4.57 Å². The van der Waals surface area contributed by atoms with Crippen molar-refractivity contribution < 1.29 is 4.57 Å². The van der Waals surface area contributed by atoms with Gasteiger partial charge in [0.1, 0.15) is 7.05 Å². The van der Waals surface area contributed by atoms with E-state index in [2.05, 4.69) is 71.7 Å². The average molecular weight is 847 g/mol. The van der Waals surface area contributed by atoms with Crippen LogP contribution in [-0.4, -0.2) is 155 Å². The topological polar surface area (TPSA) is 28.0 Å². The van der Waals surface area contributed by atoms with Crippen LogP contribution in [0.15, 0.2) is 55.1 Å². The Bertz CT molecular complexity index is 813. The number of pyridine rings is 1. The van der Waals surface area contributed by atoms with Gasteiger partial charge in [0, 0.05) is 70.8 Å². The second-order valence-electron chi connectivity index (χ2n) is 12.8. The molecule has 0 N–H and O–H groups in total. The maximum absolute atomic E-state index is 2.39. The Morgan fingerprint density at radius 3 is 0.627 bits per heavy atom. The maximum atomic E-state index is 2.39. The van der Waals surface area contributed by atoms with Gasteiger partial charge in [-0.3, -0.25) is 0 Å². The molecule has 5 saturated heterocycles. The molecule has 0 saturated carbocycles. The predicted octanol–water partition coefficient (Wildman–Crippen LogP) is 12.2. The summed E-state index contributed by atoms with van der Waals surface area (Å²) in [4.78, 5) is 14.0. The van der Waals surface area contributed by atoms with Crippen molar-refractivity contribution >= 4 is 0 Å². The van der Waals surface area contributed by atoms with Gasteiger partial charge in [0.15, 0.2) is 12.4 Å². The van der Waals surface area contributed by atoms with Crippen LogP contribution in [0.5, 0.6) is 0 Å². The summed E-state index contributed by atoms with van der Waals surface area (Å²) in [6.45, 7) is 39.5. The number of likely N-dealkylation sites (tertiary alicyclic amines) is 3. The molecule has 0 radical (unpaired) electrons. The third-order valence-electron chi connectivity index (χ3n) is 8.00. The van der Waals surface area contributed by atoms with Gasteiger partial charge in [-0.15, -0.1) is 0 Å². The van der Waals surface area contributed by atoms with Gasteiger partial charge in [-0.2, -0.15) is 0 Å². The van der Waals surface area contributed by atoms with Crippen molar-refractivity contribution in [2.75, 3.05) is 121 Å². The minimum atomic E-state index is 0. The van der Waals surface area contributed by atoms with E-state index in [0.29, 0.717) is 0 Å². The van der Waals surface area contributed by atoms with Crippen molar-refractivity contribution in [1.29, 1.82) is 0 Å². The summed E-state index contributed by atoms with van der Waals surface area (Å²) in [5.41, 5.74) is 0. The van der Waals surface area contributed by atoms with E-state index >= 15 is 0 Å². The van der Waals surface area contributed by atoms with Crippen LogP contribution in [0.25, 0.3) is 0 Å². The number of aromatic nitrogens is 2. The summed E-state index contributed by atoms with van der Waals surface area (Å²) in [6.07, 6.45) is 16.5. The Morgan fingerprint density at radius 2 is 0.508 bits per heavy atom. The molecule has 8 nitrogen and oxygen atoms in total. The van der Waals surface area contributed by atoms with E-state index in [1.165, 1.54) is 117 Å². The Morgan fingerprint density at radius 1 is 0.288 bits per heavy atom.